The summed E-state index contributed by atoms with van der Waals surface area (Å²) >= 11 is 0. The van der Waals surface area contributed by atoms with Crippen LogP contribution in [-0.2, 0) is 19.5 Å². The van der Waals surface area contributed by atoms with Crippen LogP contribution in [0.4, 0.5) is 0 Å². The topological polar surface area (TPSA) is 112 Å². The maximum absolute atomic E-state index is 12.0. The largest absolute Gasteiger partial charge is 0.392 e. The van der Waals surface area contributed by atoms with Gasteiger partial charge in [-0.3, -0.25) is 9.78 Å². The molecular formula is C20H23N3O4S. The van der Waals surface area contributed by atoms with E-state index in [-0.39, 0.29) is 6.42 Å². The van der Waals surface area contributed by atoms with Gasteiger partial charge in [0.05, 0.1) is 5.71 Å². The number of aromatic nitrogens is 1. The Morgan fingerprint density at radius 3 is 2.46 bits per heavy atom. The Balaban J connectivity index is 1.74. The molecule has 1 aromatic carbocycles. The molecule has 0 spiro atoms. The van der Waals surface area contributed by atoms with Crippen LogP contribution in [0.3, 0.4) is 0 Å². The summed E-state index contributed by atoms with van der Waals surface area (Å²) in [4.78, 5) is 21.3. The summed E-state index contributed by atoms with van der Waals surface area (Å²) in [7, 11) is -3.68. The molecule has 2 N–H and O–H groups in total. The number of hydrogen-bond donors (Lipinski definition) is 1. The fraction of sp³-hybridized carbons (Fsp3) is 0.350. The van der Waals surface area contributed by atoms with Crippen LogP contribution in [0.15, 0.2) is 47.9 Å². The van der Waals surface area contributed by atoms with Gasteiger partial charge in [0.2, 0.25) is 5.91 Å². The van der Waals surface area contributed by atoms with Crippen molar-refractivity contribution in [1.82, 2.24) is 4.98 Å². The fourth-order valence-electron chi connectivity index (χ4n) is 3.22. The fourth-order valence-corrected chi connectivity index (χ4v) is 4.07. The highest BCUT2D eigenvalue weighted by Gasteiger charge is 2.45. The molecule has 0 saturated carbocycles. The molecule has 2 heterocycles. The Labute approximate surface area is 164 Å². The van der Waals surface area contributed by atoms with Crippen LogP contribution < -0.4 is 5.73 Å². The number of hydrogen-bond acceptors (Lipinski definition) is 6. The lowest BCUT2D eigenvalue weighted by molar-refractivity contribution is -0.121. The van der Waals surface area contributed by atoms with E-state index in [9.17, 15) is 13.2 Å². The average molecular weight is 401 g/mol. The normalized spacial score (nSPS) is 18.8. The molecule has 0 aliphatic carbocycles. The molecule has 148 valence electrons. The van der Waals surface area contributed by atoms with E-state index in [2.05, 4.69) is 10.1 Å². The molecule has 2 aromatic rings. The number of carbonyl (C=O) groups is 1. The molecule has 7 nitrogen and oxygen atoms in total. The highest BCUT2D eigenvalue weighted by atomic mass is 32.2. The van der Waals surface area contributed by atoms with Gasteiger partial charge in [-0.1, -0.05) is 29.4 Å². The zero-order valence-corrected chi connectivity index (χ0v) is 16.9. The third-order valence-corrected chi connectivity index (χ3v) is 7.24. The molecule has 1 aliphatic heterocycles. The number of aryl methyl sites for hydroxylation is 1. The van der Waals surface area contributed by atoms with Crippen molar-refractivity contribution in [3.8, 4) is 11.1 Å². The highest BCUT2D eigenvalue weighted by molar-refractivity contribution is 7.92. The van der Waals surface area contributed by atoms with Gasteiger partial charge in [0.25, 0.3) is 0 Å². The minimum atomic E-state index is -3.68. The quantitative estimate of drug-likeness (QED) is 0.798. The first-order chi connectivity index (χ1) is 13.1. The van der Waals surface area contributed by atoms with Gasteiger partial charge in [-0.15, -0.1) is 0 Å². The van der Waals surface area contributed by atoms with E-state index >= 15 is 0 Å². The molecule has 1 unspecified atom stereocenters. The van der Waals surface area contributed by atoms with Gasteiger partial charge in [0, 0.05) is 31.5 Å². The van der Waals surface area contributed by atoms with Crippen LogP contribution in [-0.4, -0.2) is 42.1 Å². The van der Waals surface area contributed by atoms with E-state index in [1.165, 1.54) is 6.92 Å². The lowest BCUT2D eigenvalue weighted by atomic mass is 9.95. The number of pyridine rings is 1. The van der Waals surface area contributed by atoms with Gasteiger partial charge in [-0.2, -0.15) is 0 Å². The standard InChI is InChI=1S/C20H23N3O4S/c1-13-12-22-9-8-17(13)14-4-6-15(7-5-14)18-10-16(27-23-18)11-20(2,19(21)24)28(3,25)26/h4-9,12,16H,10-11H2,1-3H3,(H2,21,24)/t16-,20?/m1/s1. The molecule has 1 amide bonds. The van der Waals surface area contributed by atoms with Crippen molar-refractivity contribution in [2.45, 2.75) is 37.5 Å². The number of nitrogens with zero attached hydrogens (tertiary/aromatic N) is 2. The summed E-state index contributed by atoms with van der Waals surface area (Å²) in [6.45, 7) is 3.34. The van der Waals surface area contributed by atoms with Crippen LogP contribution >= 0.6 is 0 Å². The van der Waals surface area contributed by atoms with Crippen molar-refractivity contribution in [3.63, 3.8) is 0 Å². The van der Waals surface area contributed by atoms with Gasteiger partial charge in [-0.05, 0) is 42.2 Å². The van der Waals surface area contributed by atoms with Crippen LogP contribution in [0.5, 0.6) is 0 Å². The molecule has 28 heavy (non-hydrogen) atoms. The predicted molar refractivity (Wildman–Crippen MR) is 107 cm³/mol. The minimum Gasteiger partial charge on any atom is -0.392 e. The van der Waals surface area contributed by atoms with Crippen LogP contribution in [0, 0.1) is 6.92 Å². The molecular weight excluding hydrogens is 378 g/mol. The summed E-state index contributed by atoms with van der Waals surface area (Å²) in [5.74, 6) is -0.885. The van der Waals surface area contributed by atoms with E-state index in [1.54, 1.807) is 6.20 Å². The first-order valence-corrected chi connectivity index (χ1v) is 10.7. The Morgan fingerprint density at radius 2 is 1.89 bits per heavy atom. The van der Waals surface area contributed by atoms with Gasteiger partial charge in [-0.25, -0.2) is 8.42 Å². The van der Waals surface area contributed by atoms with Crippen LogP contribution in [0.25, 0.3) is 11.1 Å². The van der Waals surface area contributed by atoms with Crippen LogP contribution in [0.1, 0.15) is 30.9 Å². The molecule has 0 bridgehead atoms. The highest BCUT2D eigenvalue weighted by Crippen LogP contribution is 2.30. The Bertz CT molecular complexity index is 1030. The second-order valence-corrected chi connectivity index (χ2v) is 9.75. The SMILES string of the molecule is Cc1cnccc1-c1ccc(C2=NO[C@@H](CC(C)(C(N)=O)S(C)(=O)=O)C2)cc1. The number of sulfone groups is 1. The van der Waals surface area contributed by atoms with E-state index in [0.717, 1.165) is 28.5 Å². The molecule has 0 fully saturated rings. The van der Waals surface area contributed by atoms with E-state index in [1.807, 2.05) is 43.5 Å². The molecule has 2 atom stereocenters. The number of nitrogens with two attached hydrogens (primary N) is 1. The predicted octanol–water partition coefficient (Wildman–Crippen LogP) is 2.23. The molecule has 1 aromatic heterocycles. The number of benzene rings is 1. The Hall–Kier alpha value is -2.74. The number of oxime groups is 1. The summed E-state index contributed by atoms with van der Waals surface area (Å²) in [5, 5.41) is 4.09. The molecule has 0 radical (unpaired) electrons. The second kappa shape index (κ2) is 7.35. The maximum atomic E-state index is 12.0. The third-order valence-electron chi connectivity index (χ3n) is 5.24. The zero-order chi connectivity index (χ0) is 20.5. The van der Waals surface area contributed by atoms with Crippen molar-refractivity contribution in [2.75, 3.05) is 6.26 Å². The summed E-state index contributed by atoms with van der Waals surface area (Å²) < 4.78 is 22.4. The number of rotatable bonds is 6. The van der Waals surface area contributed by atoms with Gasteiger partial charge in [0.15, 0.2) is 14.6 Å². The molecule has 0 saturated heterocycles. The van der Waals surface area contributed by atoms with Crippen molar-refractivity contribution in [1.29, 1.82) is 0 Å². The molecule has 3 rings (SSSR count). The summed E-state index contributed by atoms with van der Waals surface area (Å²) in [5.41, 5.74) is 10.2. The lowest BCUT2D eigenvalue weighted by Gasteiger charge is -2.25. The van der Waals surface area contributed by atoms with E-state index < -0.39 is 26.6 Å². The number of carbonyl (C=O) groups excluding carboxylic acids is 1. The first-order valence-electron chi connectivity index (χ1n) is 8.85. The van der Waals surface area contributed by atoms with Crippen molar-refractivity contribution < 1.29 is 18.0 Å². The number of primary amides is 1. The third kappa shape index (κ3) is 3.77. The smallest absolute Gasteiger partial charge is 0.238 e. The van der Waals surface area contributed by atoms with Gasteiger partial charge < -0.3 is 10.6 Å². The van der Waals surface area contributed by atoms with E-state index in [0.29, 0.717) is 12.1 Å². The Kier molecular flexibility index (Phi) is 5.25. The minimum absolute atomic E-state index is 0.0392. The lowest BCUT2D eigenvalue weighted by Crippen LogP contribution is -2.49. The monoisotopic (exact) mass is 401 g/mol. The Morgan fingerprint density at radius 1 is 1.25 bits per heavy atom. The number of amides is 1. The molecule has 8 heteroatoms. The van der Waals surface area contributed by atoms with Crippen molar-refractivity contribution >= 4 is 21.5 Å². The van der Waals surface area contributed by atoms with Crippen molar-refractivity contribution in [2.24, 2.45) is 10.9 Å². The molecule has 1 aliphatic rings. The summed E-state index contributed by atoms with van der Waals surface area (Å²) in [6, 6.07) is 9.86. The van der Waals surface area contributed by atoms with Gasteiger partial charge in [0.1, 0.15) is 6.10 Å². The second-order valence-electron chi connectivity index (χ2n) is 7.31. The zero-order valence-electron chi connectivity index (χ0n) is 16.0. The van der Waals surface area contributed by atoms with E-state index in [4.69, 9.17) is 10.6 Å². The average Bonchev–Trinajstić information content (AvgIpc) is 3.09. The van der Waals surface area contributed by atoms with Crippen molar-refractivity contribution in [3.05, 3.63) is 53.9 Å². The summed E-state index contributed by atoms with van der Waals surface area (Å²) in [6.07, 6.45) is 4.43. The maximum Gasteiger partial charge on any atom is 0.238 e. The first kappa shape index (κ1) is 20.0. The van der Waals surface area contributed by atoms with Gasteiger partial charge >= 0.3 is 0 Å². The van der Waals surface area contributed by atoms with Crippen LogP contribution in [0.2, 0.25) is 0 Å².